The predicted molar refractivity (Wildman–Crippen MR) is 92.2 cm³/mol. The van der Waals surface area contributed by atoms with Gasteiger partial charge in [0.05, 0.1) is 0 Å². The topological polar surface area (TPSA) is 41.6 Å². The lowest BCUT2D eigenvalue weighted by atomic mass is 9.96. The Bertz CT molecular complexity index is 332. The summed E-state index contributed by atoms with van der Waals surface area (Å²) >= 11 is 0. The molecule has 0 spiro atoms. The van der Waals surface area contributed by atoms with Crippen LogP contribution in [0.5, 0.6) is 0 Å². The number of amides is 1. The van der Waals surface area contributed by atoms with Gasteiger partial charge >= 0.3 is 6.09 Å². The first kappa shape index (κ1) is 19.3. The van der Waals surface area contributed by atoms with E-state index in [1.54, 1.807) is 0 Å². The maximum atomic E-state index is 12.2. The van der Waals surface area contributed by atoms with Gasteiger partial charge in [-0.3, -0.25) is 0 Å². The second kappa shape index (κ2) is 8.76. The molecule has 0 aromatic carbocycles. The van der Waals surface area contributed by atoms with Gasteiger partial charge in [0.2, 0.25) is 0 Å². The molecule has 4 nitrogen and oxygen atoms in total. The summed E-state index contributed by atoms with van der Waals surface area (Å²) in [4.78, 5) is 14.1. The summed E-state index contributed by atoms with van der Waals surface area (Å²) < 4.78 is 5.51. The van der Waals surface area contributed by atoms with Crippen LogP contribution in [0.25, 0.3) is 0 Å². The third-order valence-corrected chi connectivity index (χ3v) is 4.25. The smallest absolute Gasteiger partial charge is 0.410 e. The Morgan fingerprint density at radius 2 is 1.86 bits per heavy atom. The third kappa shape index (κ3) is 6.55. The summed E-state index contributed by atoms with van der Waals surface area (Å²) in [6.07, 6.45) is 6.81. The van der Waals surface area contributed by atoms with Gasteiger partial charge in [-0.25, -0.2) is 4.79 Å². The number of rotatable bonds is 6. The minimum atomic E-state index is -0.417. The van der Waals surface area contributed by atoms with E-state index >= 15 is 0 Å². The fourth-order valence-corrected chi connectivity index (χ4v) is 3.26. The molecule has 1 N–H and O–H groups in total. The molecule has 1 heterocycles. The molecule has 1 aliphatic heterocycles. The van der Waals surface area contributed by atoms with Crippen molar-refractivity contribution >= 4 is 6.09 Å². The Hall–Kier alpha value is -0.770. The van der Waals surface area contributed by atoms with Crippen molar-refractivity contribution in [2.75, 3.05) is 6.54 Å². The van der Waals surface area contributed by atoms with E-state index in [2.05, 4.69) is 26.1 Å². The Balaban J connectivity index is 2.49. The van der Waals surface area contributed by atoms with Gasteiger partial charge in [0.15, 0.2) is 0 Å². The Labute approximate surface area is 137 Å². The molecule has 0 bridgehead atoms. The monoisotopic (exact) mass is 312 g/mol. The van der Waals surface area contributed by atoms with Gasteiger partial charge in [-0.05, 0) is 53.4 Å². The number of piperidine rings is 1. The van der Waals surface area contributed by atoms with Crippen molar-refractivity contribution in [3.63, 3.8) is 0 Å². The van der Waals surface area contributed by atoms with Crippen molar-refractivity contribution in [3.8, 4) is 0 Å². The minimum absolute atomic E-state index is 0.169. The first-order valence-electron chi connectivity index (χ1n) is 9.02. The lowest BCUT2D eigenvalue weighted by molar-refractivity contribution is 0.00891. The van der Waals surface area contributed by atoms with Crippen molar-refractivity contribution in [3.05, 3.63) is 0 Å². The normalized spacial score (nSPS) is 23.0. The van der Waals surface area contributed by atoms with Crippen LogP contribution in [0.2, 0.25) is 0 Å². The Morgan fingerprint density at radius 1 is 1.27 bits per heavy atom. The number of ether oxygens (including phenoxy) is 1. The molecular formula is C18H36N2O2. The first-order chi connectivity index (χ1) is 10.3. The van der Waals surface area contributed by atoms with E-state index in [0.29, 0.717) is 12.1 Å². The summed E-state index contributed by atoms with van der Waals surface area (Å²) in [6.45, 7) is 13.2. The highest BCUT2D eigenvalue weighted by Gasteiger charge is 2.32. The van der Waals surface area contributed by atoms with E-state index in [9.17, 15) is 4.79 Å². The van der Waals surface area contributed by atoms with Crippen LogP contribution in [0.15, 0.2) is 0 Å². The van der Waals surface area contributed by atoms with Gasteiger partial charge in [0.25, 0.3) is 0 Å². The second-order valence-corrected chi connectivity index (χ2v) is 7.68. The van der Waals surface area contributed by atoms with Crippen molar-refractivity contribution in [2.45, 2.75) is 104 Å². The van der Waals surface area contributed by atoms with E-state index in [0.717, 1.165) is 19.4 Å². The highest BCUT2D eigenvalue weighted by Crippen LogP contribution is 2.21. The van der Waals surface area contributed by atoms with Crippen molar-refractivity contribution in [1.82, 2.24) is 10.2 Å². The SMILES string of the molecule is CCCC(CCC)NC1CCN(C(=O)OC(C)(C)C)C(C)C1. The van der Waals surface area contributed by atoms with E-state index in [1.807, 2.05) is 25.7 Å². The molecule has 0 aliphatic carbocycles. The van der Waals surface area contributed by atoms with Crippen LogP contribution >= 0.6 is 0 Å². The summed E-state index contributed by atoms with van der Waals surface area (Å²) in [6, 6.07) is 1.39. The van der Waals surface area contributed by atoms with Crippen molar-refractivity contribution in [2.24, 2.45) is 0 Å². The number of hydrogen-bond donors (Lipinski definition) is 1. The van der Waals surface area contributed by atoms with Gasteiger partial charge in [-0.1, -0.05) is 26.7 Å². The lowest BCUT2D eigenvalue weighted by Crippen LogP contribution is -2.52. The lowest BCUT2D eigenvalue weighted by Gasteiger charge is -2.39. The largest absolute Gasteiger partial charge is 0.444 e. The number of nitrogens with one attached hydrogen (secondary N) is 1. The van der Waals surface area contributed by atoms with Gasteiger partial charge in [-0.15, -0.1) is 0 Å². The molecule has 1 rings (SSSR count). The maximum absolute atomic E-state index is 12.2. The van der Waals surface area contributed by atoms with Crippen molar-refractivity contribution in [1.29, 1.82) is 0 Å². The van der Waals surface area contributed by atoms with Crippen LogP contribution in [-0.4, -0.2) is 41.3 Å². The third-order valence-electron chi connectivity index (χ3n) is 4.25. The zero-order chi connectivity index (χ0) is 16.8. The fourth-order valence-electron chi connectivity index (χ4n) is 3.26. The van der Waals surface area contributed by atoms with E-state index < -0.39 is 5.60 Å². The van der Waals surface area contributed by atoms with E-state index in [-0.39, 0.29) is 12.1 Å². The van der Waals surface area contributed by atoms with Gasteiger partial charge < -0.3 is 15.0 Å². The van der Waals surface area contributed by atoms with Crippen LogP contribution in [0.1, 0.15) is 80.1 Å². The van der Waals surface area contributed by atoms with E-state index in [1.165, 1.54) is 25.7 Å². The molecule has 4 heteroatoms. The first-order valence-corrected chi connectivity index (χ1v) is 9.02. The number of hydrogen-bond acceptors (Lipinski definition) is 3. The van der Waals surface area contributed by atoms with Gasteiger partial charge in [0.1, 0.15) is 5.60 Å². The molecule has 0 aromatic rings. The minimum Gasteiger partial charge on any atom is -0.444 e. The van der Waals surface area contributed by atoms with E-state index in [4.69, 9.17) is 4.74 Å². The molecule has 0 radical (unpaired) electrons. The number of likely N-dealkylation sites (tertiary alicyclic amines) is 1. The standard InChI is InChI=1S/C18H36N2O2/c1-7-9-15(10-8-2)19-16-11-12-20(14(3)13-16)17(21)22-18(4,5)6/h14-16,19H,7-13H2,1-6H3. The highest BCUT2D eigenvalue weighted by atomic mass is 16.6. The molecule has 1 fully saturated rings. The molecule has 2 unspecified atom stereocenters. The van der Waals surface area contributed by atoms with Gasteiger partial charge in [0, 0.05) is 24.7 Å². The molecule has 0 saturated carbocycles. The van der Waals surface area contributed by atoms with Gasteiger partial charge in [-0.2, -0.15) is 0 Å². The van der Waals surface area contributed by atoms with Crippen LogP contribution in [-0.2, 0) is 4.74 Å². The zero-order valence-electron chi connectivity index (χ0n) is 15.4. The predicted octanol–water partition coefficient (Wildman–Crippen LogP) is 4.33. The molecule has 1 saturated heterocycles. The molecule has 1 amide bonds. The summed E-state index contributed by atoms with van der Waals surface area (Å²) in [5.41, 5.74) is -0.417. The van der Waals surface area contributed by atoms with Crippen LogP contribution < -0.4 is 5.32 Å². The van der Waals surface area contributed by atoms with Crippen LogP contribution in [0.3, 0.4) is 0 Å². The molecule has 1 aliphatic rings. The maximum Gasteiger partial charge on any atom is 0.410 e. The summed E-state index contributed by atoms with van der Waals surface area (Å²) in [7, 11) is 0. The Kier molecular flexibility index (Phi) is 7.67. The fraction of sp³-hybridized carbons (Fsp3) is 0.944. The molecule has 2 atom stereocenters. The molecule has 22 heavy (non-hydrogen) atoms. The number of nitrogens with zero attached hydrogens (tertiary/aromatic N) is 1. The second-order valence-electron chi connectivity index (χ2n) is 7.68. The number of carbonyl (C=O) groups excluding carboxylic acids is 1. The molecule has 130 valence electrons. The average Bonchev–Trinajstić information content (AvgIpc) is 2.37. The highest BCUT2D eigenvalue weighted by molar-refractivity contribution is 5.68. The van der Waals surface area contributed by atoms with Crippen LogP contribution in [0.4, 0.5) is 4.79 Å². The van der Waals surface area contributed by atoms with Crippen LogP contribution in [0, 0.1) is 0 Å². The van der Waals surface area contributed by atoms with Crippen molar-refractivity contribution < 1.29 is 9.53 Å². The number of carbonyl (C=O) groups is 1. The average molecular weight is 312 g/mol. The quantitative estimate of drug-likeness (QED) is 0.793. The molecule has 0 aromatic heterocycles. The molecular weight excluding hydrogens is 276 g/mol. The summed E-state index contributed by atoms with van der Waals surface area (Å²) in [5, 5.41) is 3.82. The zero-order valence-corrected chi connectivity index (χ0v) is 15.4. The Morgan fingerprint density at radius 3 is 2.32 bits per heavy atom. The summed E-state index contributed by atoms with van der Waals surface area (Å²) in [5.74, 6) is 0.